The first kappa shape index (κ1) is 14.7. The van der Waals surface area contributed by atoms with E-state index in [9.17, 15) is 8.42 Å². The van der Waals surface area contributed by atoms with Gasteiger partial charge in [0.05, 0.1) is 13.7 Å². The minimum atomic E-state index is -3.73. The zero-order chi connectivity index (χ0) is 13.8. The number of hydrogen-bond donors (Lipinski definition) is 3. The van der Waals surface area contributed by atoms with Crippen molar-refractivity contribution in [2.24, 2.45) is 0 Å². The van der Waals surface area contributed by atoms with Crippen LogP contribution in [0.3, 0.4) is 0 Å². The summed E-state index contributed by atoms with van der Waals surface area (Å²) in [5.41, 5.74) is 5.98. The maximum Gasteiger partial charge on any atom is 0.244 e. The number of nitrogens with one attached hydrogen (secondary N) is 1. The molecule has 0 aliphatic heterocycles. The summed E-state index contributed by atoms with van der Waals surface area (Å²) in [7, 11) is -2.36. The number of anilines is 1. The molecule has 0 radical (unpaired) electrons. The molecular weight excluding hydrogens is 256 g/mol. The highest BCUT2D eigenvalue weighted by molar-refractivity contribution is 7.89. The molecule has 1 aromatic rings. The van der Waals surface area contributed by atoms with Crippen LogP contribution in [0.4, 0.5) is 5.69 Å². The van der Waals surface area contributed by atoms with Crippen molar-refractivity contribution in [3.63, 3.8) is 0 Å². The Labute approximate surface area is 107 Å². The number of benzene rings is 1. The van der Waals surface area contributed by atoms with Crippen LogP contribution >= 0.6 is 0 Å². The van der Waals surface area contributed by atoms with Crippen LogP contribution in [0.15, 0.2) is 23.1 Å². The predicted octanol–water partition coefficient (Wildman–Crippen LogP) is 0.327. The van der Waals surface area contributed by atoms with Crippen LogP contribution in [-0.4, -0.2) is 33.3 Å². The lowest BCUT2D eigenvalue weighted by Gasteiger charge is -2.16. The highest BCUT2D eigenvalue weighted by Crippen LogP contribution is 2.26. The van der Waals surface area contributed by atoms with Crippen LogP contribution in [0.2, 0.25) is 0 Å². The van der Waals surface area contributed by atoms with E-state index in [1.165, 1.54) is 25.3 Å². The lowest BCUT2D eigenvalue weighted by Crippen LogP contribution is -2.37. The summed E-state index contributed by atoms with van der Waals surface area (Å²) in [4.78, 5) is 0.00565. The summed E-state index contributed by atoms with van der Waals surface area (Å²) >= 11 is 0. The van der Waals surface area contributed by atoms with Crippen LogP contribution in [0.1, 0.15) is 13.3 Å². The van der Waals surface area contributed by atoms with E-state index in [1.807, 2.05) is 0 Å². The van der Waals surface area contributed by atoms with E-state index in [4.69, 9.17) is 15.6 Å². The lowest BCUT2D eigenvalue weighted by molar-refractivity contribution is 0.253. The van der Waals surface area contributed by atoms with E-state index in [-0.39, 0.29) is 17.3 Å². The highest BCUT2D eigenvalue weighted by atomic mass is 32.2. The van der Waals surface area contributed by atoms with Crippen molar-refractivity contribution < 1.29 is 18.3 Å². The minimum absolute atomic E-state index is 0.00565. The Hall–Kier alpha value is -1.31. The standard InChI is InChI=1S/C11H18N2O4S/c1-3-9(7-14)13-18(15,16)11-5-4-8(12)6-10(11)17-2/h4-6,9,13-14H,3,7,12H2,1-2H3/t9-/m0/s1. The first-order valence-electron chi connectivity index (χ1n) is 5.51. The molecule has 102 valence electrons. The molecule has 7 heteroatoms. The third kappa shape index (κ3) is 3.34. The summed E-state index contributed by atoms with van der Waals surface area (Å²) in [5, 5.41) is 9.03. The average molecular weight is 274 g/mol. The topological polar surface area (TPSA) is 102 Å². The summed E-state index contributed by atoms with van der Waals surface area (Å²) in [6.45, 7) is 1.52. The number of hydrogen-bond acceptors (Lipinski definition) is 5. The SMILES string of the molecule is CC[C@@H](CO)NS(=O)(=O)c1ccc(N)cc1OC. The van der Waals surface area contributed by atoms with Gasteiger partial charge in [-0.3, -0.25) is 0 Å². The van der Waals surface area contributed by atoms with Gasteiger partial charge in [-0.2, -0.15) is 0 Å². The van der Waals surface area contributed by atoms with Crippen LogP contribution < -0.4 is 15.2 Å². The number of methoxy groups -OCH3 is 1. The number of aliphatic hydroxyl groups excluding tert-OH is 1. The molecule has 1 rings (SSSR count). The number of nitrogen functional groups attached to an aromatic ring is 1. The first-order valence-corrected chi connectivity index (χ1v) is 6.99. The molecule has 0 amide bonds. The van der Waals surface area contributed by atoms with E-state index < -0.39 is 16.1 Å². The van der Waals surface area contributed by atoms with Gasteiger partial charge in [-0.05, 0) is 18.6 Å². The lowest BCUT2D eigenvalue weighted by atomic mass is 10.3. The fourth-order valence-corrected chi connectivity index (χ4v) is 2.90. The van der Waals surface area contributed by atoms with Gasteiger partial charge in [0.15, 0.2) is 0 Å². The molecule has 0 saturated heterocycles. The average Bonchev–Trinajstić information content (AvgIpc) is 2.35. The van der Waals surface area contributed by atoms with Gasteiger partial charge in [0.1, 0.15) is 10.6 Å². The zero-order valence-electron chi connectivity index (χ0n) is 10.4. The van der Waals surface area contributed by atoms with Gasteiger partial charge in [0.25, 0.3) is 0 Å². The molecule has 0 bridgehead atoms. The molecule has 0 heterocycles. The second-order valence-electron chi connectivity index (χ2n) is 3.82. The highest BCUT2D eigenvalue weighted by Gasteiger charge is 2.22. The Kier molecular flexibility index (Phi) is 4.94. The summed E-state index contributed by atoms with van der Waals surface area (Å²) in [6.07, 6.45) is 0.493. The first-order chi connectivity index (χ1) is 8.44. The summed E-state index contributed by atoms with van der Waals surface area (Å²) in [5.74, 6) is 0.176. The molecule has 6 nitrogen and oxygen atoms in total. The molecule has 1 aromatic carbocycles. The molecule has 0 aliphatic carbocycles. The van der Waals surface area contributed by atoms with Crippen molar-refractivity contribution in [2.75, 3.05) is 19.5 Å². The van der Waals surface area contributed by atoms with Gasteiger partial charge in [-0.1, -0.05) is 6.92 Å². The quantitative estimate of drug-likeness (QED) is 0.649. The van der Waals surface area contributed by atoms with Crippen LogP contribution in [-0.2, 0) is 10.0 Å². The molecule has 0 saturated carbocycles. The van der Waals surface area contributed by atoms with E-state index in [0.717, 1.165) is 0 Å². The molecule has 4 N–H and O–H groups in total. The number of aliphatic hydroxyl groups is 1. The molecular formula is C11H18N2O4S. The molecule has 18 heavy (non-hydrogen) atoms. The Morgan fingerprint density at radius 1 is 1.50 bits per heavy atom. The normalized spacial score (nSPS) is 13.3. The second kappa shape index (κ2) is 6.03. The van der Waals surface area contributed by atoms with Crippen molar-refractivity contribution in [3.8, 4) is 5.75 Å². The third-order valence-electron chi connectivity index (χ3n) is 2.51. The Bertz CT molecular complexity index is 498. The molecule has 0 aromatic heterocycles. The van der Waals surface area contributed by atoms with Crippen molar-refractivity contribution in [2.45, 2.75) is 24.3 Å². The summed E-state index contributed by atoms with van der Waals surface area (Å²) in [6, 6.07) is 3.78. The summed E-state index contributed by atoms with van der Waals surface area (Å²) < 4.78 is 31.6. The molecule has 1 atom stereocenters. The second-order valence-corrected chi connectivity index (χ2v) is 5.50. The Morgan fingerprint density at radius 2 is 2.17 bits per heavy atom. The maximum absolute atomic E-state index is 12.1. The fraction of sp³-hybridized carbons (Fsp3) is 0.455. The van der Waals surface area contributed by atoms with Gasteiger partial charge >= 0.3 is 0 Å². The van der Waals surface area contributed by atoms with Crippen molar-refractivity contribution in [3.05, 3.63) is 18.2 Å². The van der Waals surface area contributed by atoms with Crippen molar-refractivity contribution in [1.82, 2.24) is 4.72 Å². The Morgan fingerprint density at radius 3 is 2.67 bits per heavy atom. The smallest absolute Gasteiger partial charge is 0.244 e. The van der Waals surface area contributed by atoms with Crippen LogP contribution in [0.25, 0.3) is 0 Å². The van der Waals surface area contributed by atoms with E-state index in [0.29, 0.717) is 12.1 Å². The van der Waals surface area contributed by atoms with E-state index >= 15 is 0 Å². The van der Waals surface area contributed by atoms with E-state index in [2.05, 4.69) is 4.72 Å². The van der Waals surface area contributed by atoms with E-state index in [1.54, 1.807) is 6.92 Å². The number of ether oxygens (including phenoxy) is 1. The van der Waals surface area contributed by atoms with Crippen LogP contribution in [0, 0.1) is 0 Å². The largest absolute Gasteiger partial charge is 0.495 e. The molecule has 0 unspecified atom stereocenters. The Balaban J connectivity index is 3.12. The van der Waals surface area contributed by atoms with Gasteiger partial charge in [-0.25, -0.2) is 13.1 Å². The maximum atomic E-state index is 12.1. The minimum Gasteiger partial charge on any atom is -0.495 e. The van der Waals surface area contributed by atoms with Crippen molar-refractivity contribution >= 4 is 15.7 Å². The van der Waals surface area contributed by atoms with Gasteiger partial charge in [0.2, 0.25) is 10.0 Å². The zero-order valence-corrected chi connectivity index (χ0v) is 11.2. The fourth-order valence-electron chi connectivity index (χ4n) is 1.44. The van der Waals surface area contributed by atoms with Crippen LogP contribution in [0.5, 0.6) is 5.75 Å². The predicted molar refractivity (Wildman–Crippen MR) is 68.9 cm³/mol. The number of nitrogens with two attached hydrogens (primary N) is 1. The van der Waals surface area contributed by atoms with Crippen molar-refractivity contribution in [1.29, 1.82) is 0 Å². The van der Waals surface area contributed by atoms with Gasteiger partial charge in [0, 0.05) is 17.8 Å². The number of rotatable bonds is 6. The number of sulfonamides is 1. The van der Waals surface area contributed by atoms with Gasteiger partial charge in [-0.15, -0.1) is 0 Å². The molecule has 0 aliphatic rings. The molecule has 0 fully saturated rings. The molecule has 0 spiro atoms. The monoisotopic (exact) mass is 274 g/mol. The third-order valence-corrected chi connectivity index (χ3v) is 4.07. The van der Waals surface area contributed by atoms with Gasteiger partial charge < -0.3 is 15.6 Å².